The van der Waals surface area contributed by atoms with Crippen LogP contribution in [0.2, 0.25) is 0 Å². The van der Waals surface area contributed by atoms with Crippen LogP contribution in [0.4, 0.5) is 11.4 Å². The van der Waals surface area contributed by atoms with Crippen molar-refractivity contribution in [1.29, 1.82) is 0 Å². The second-order valence-corrected chi connectivity index (χ2v) is 8.08. The van der Waals surface area contributed by atoms with Gasteiger partial charge in [0.05, 0.1) is 5.69 Å². The van der Waals surface area contributed by atoms with Gasteiger partial charge in [0, 0.05) is 19.1 Å². The molecule has 0 saturated carbocycles. The number of nitrogens with two attached hydrogens (primary N) is 1. The first-order chi connectivity index (χ1) is 9.31. The Bertz CT molecular complexity index is 740. The predicted molar refractivity (Wildman–Crippen MR) is 91.2 cm³/mol. The van der Waals surface area contributed by atoms with E-state index in [0.717, 1.165) is 0 Å². The molecule has 0 amide bonds. The summed E-state index contributed by atoms with van der Waals surface area (Å²) >= 11 is 9.75. The highest BCUT2D eigenvalue weighted by Crippen LogP contribution is 2.34. The van der Waals surface area contributed by atoms with Crippen molar-refractivity contribution in [1.82, 2.24) is 0 Å². The lowest BCUT2D eigenvalue weighted by Crippen LogP contribution is -2.14. The van der Waals surface area contributed by atoms with Gasteiger partial charge in [0.25, 0.3) is 10.0 Å². The van der Waals surface area contributed by atoms with Crippen molar-refractivity contribution in [3.05, 3.63) is 49.8 Å². The van der Waals surface area contributed by atoms with Crippen LogP contribution in [-0.4, -0.2) is 8.42 Å². The molecule has 0 aliphatic rings. The highest BCUT2D eigenvalue weighted by Gasteiger charge is 2.22. The molecule has 8 heteroatoms. The Hall–Kier alpha value is -0.570. The van der Waals surface area contributed by atoms with Crippen molar-refractivity contribution >= 4 is 69.2 Å². The third kappa shape index (κ3) is 3.36. The summed E-state index contributed by atoms with van der Waals surface area (Å²) in [4.78, 5) is 0.0995. The summed E-state index contributed by atoms with van der Waals surface area (Å²) in [5.74, 6) is 0. The first kappa shape index (κ1) is 15.8. The fourth-order valence-electron chi connectivity index (χ4n) is 1.58. The Morgan fingerprint density at radius 2 is 1.50 bits per heavy atom. The molecule has 4 nitrogen and oxygen atoms in total. The number of rotatable bonds is 3. The van der Waals surface area contributed by atoms with Crippen LogP contribution >= 0.6 is 47.8 Å². The number of nitrogen functional groups attached to an aromatic ring is 1. The lowest BCUT2D eigenvalue weighted by atomic mass is 10.3. The quantitative estimate of drug-likeness (QED) is 0.636. The SMILES string of the molecule is Nc1cc(Br)c(S(=O)(=O)Nc2ccccc2Br)c(Br)c1. The topological polar surface area (TPSA) is 72.2 Å². The van der Waals surface area contributed by atoms with Gasteiger partial charge in [-0.05, 0) is 72.1 Å². The number of nitrogens with one attached hydrogen (secondary N) is 1. The van der Waals surface area contributed by atoms with E-state index in [-0.39, 0.29) is 4.90 Å². The fraction of sp³-hybridized carbons (Fsp3) is 0. The average Bonchev–Trinajstić information content (AvgIpc) is 2.30. The number of benzene rings is 2. The van der Waals surface area contributed by atoms with Crippen LogP contribution in [0.25, 0.3) is 0 Å². The molecule has 0 atom stereocenters. The molecule has 3 N–H and O–H groups in total. The zero-order chi connectivity index (χ0) is 14.9. The van der Waals surface area contributed by atoms with Crippen molar-refractivity contribution in [3.63, 3.8) is 0 Å². The van der Waals surface area contributed by atoms with E-state index >= 15 is 0 Å². The lowest BCUT2D eigenvalue weighted by Gasteiger charge is -2.13. The van der Waals surface area contributed by atoms with Crippen LogP contribution in [0.5, 0.6) is 0 Å². The van der Waals surface area contributed by atoms with Gasteiger partial charge in [0.1, 0.15) is 4.90 Å². The molecular weight excluding hydrogens is 476 g/mol. The molecule has 0 aliphatic heterocycles. The van der Waals surface area contributed by atoms with Crippen molar-refractivity contribution in [2.75, 3.05) is 10.5 Å². The highest BCUT2D eigenvalue weighted by atomic mass is 79.9. The van der Waals surface area contributed by atoms with E-state index in [4.69, 9.17) is 5.73 Å². The molecule has 2 aromatic carbocycles. The standard InChI is InChI=1S/C12H9Br3N2O2S/c13-8-3-1-2-4-11(8)17-20(18,19)12-9(14)5-7(16)6-10(12)15/h1-6,17H,16H2. The Morgan fingerprint density at radius 3 is 2.05 bits per heavy atom. The largest absolute Gasteiger partial charge is 0.399 e. The van der Waals surface area contributed by atoms with Gasteiger partial charge in [-0.25, -0.2) is 8.42 Å². The van der Waals surface area contributed by atoms with E-state index in [0.29, 0.717) is 24.8 Å². The van der Waals surface area contributed by atoms with Crippen molar-refractivity contribution < 1.29 is 8.42 Å². The monoisotopic (exact) mass is 482 g/mol. The van der Waals surface area contributed by atoms with E-state index in [1.165, 1.54) is 0 Å². The summed E-state index contributed by atoms with van der Waals surface area (Å²) in [7, 11) is -3.74. The second kappa shape index (κ2) is 6.05. The van der Waals surface area contributed by atoms with Gasteiger partial charge in [-0.15, -0.1) is 0 Å². The van der Waals surface area contributed by atoms with Crippen molar-refractivity contribution in [3.8, 4) is 0 Å². The van der Waals surface area contributed by atoms with Crippen molar-refractivity contribution in [2.24, 2.45) is 0 Å². The van der Waals surface area contributed by atoms with Gasteiger partial charge < -0.3 is 5.73 Å². The Kier molecular flexibility index (Phi) is 4.78. The predicted octanol–water partition coefficient (Wildman–Crippen LogP) is 4.36. The summed E-state index contributed by atoms with van der Waals surface area (Å²) in [6.45, 7) is 0. The van der Waals surface area contributed by atoms with Gasteiger partial charge in [-0.1, -0.05) is 12.1 Å². The third-order valence-corrected chi connectivity index (χ3v) is 6.34. The van der Waals surface area contributed by atoms with Gasteiger partial charge in [-0.2, -0.15) is 0 Å². The molecular formula is C12H9Br3N2O2S. The van der Waals surface area contributed by atoms with Gasteiger partial charge in [0.15, 0.2) is 0 Å². The first-order valence-electron chi connectivity index (χ1n) is 5.33. The highest BCUT2D eigenvalue weighted by molar-refractivity contribution is 9.11. The zero-order valence-corrected chi connectivity index (χ0v) is 15.5. The summed E-state index contributed by atoms with van der Waals surface area (Å²) in [5, 5.41) is 0. The first-order valence-corrected chi connectivity index (χ1v) is 9.19. The summed E-state index contributed by atoms with van der Waals surface area (Å²) in [6.07, 6.45) is 0. The summed E-state index contributed by atoms with van der Waals surface area (Å²) in [5.41, 5.74) is 6.59. The van der Waals surface area contributed by atoms with Crippen LogP contribution in [0.1, 0.15) is 0 Å². The molecule has 2 rings (SSSR count). The minimum Gasteiger partial charge on any atom is -0.399 e. The molecule has 2 aromatic rings. The van der Waals surface area contributed by atoms with E-state index in [1.54, 1.807) is 36.4 Å². The number of anilines is 2. The fourth-order valence-corrected chi connectivity index (χ4v) is 5.79. The Labute approximate surface area is 142 Å². The van der Waals surface area contributed by atoms with Crippen LogP contribution in [0, 0.1) is 0 Å². The Balaban J connectivity index is 2.50. The molecule has 0 fully saturated rings. The average molecular weight is 485 g/mol. The van der Waals surface area contributed by atoms with Crippen LogP contribution in [0.3, 0.4) is 0 Å². The molecule has 0 unspecified atom stereocenters. The molecule has 0 radical (unpaired) electrons. The van der Waals surface area contributed by atoms with E-state index < -0.39 is 10.0 Å². The molecule has 106 valence electrons. The number of halogens is 3. The zero-order valence-electron chi connectivity index (χ0n) is 9.90. The minimum absolute atomic E-state index is 0.0995. The van der Waals surface area contributed by atoms with Gasteiger partial charge in [-0.3, -0.25) is 4.72 Å². The number of sulfonamides is 1. The summed E-state index contributed by atoms with van der Waals surface area (Å²) in [6, 6.07) is 10.1. The number of para-hydroxylation sites is 1. The van der Waals surface area contributed by atoms with Crippen LogP contribution < -0.4 is 10.5 Å². The smallest absolute Gasteiger partial charge is 0.264 e. The Morgan fingerprint density at radius 1 is 0.950 bits per heavy atom. The molecule has 20 heavy (non-hydrogen) atoms. The molecule has 0 aliphatic carbocycles. The van der Waals surface area contributed by atoms with E-state index in [2.05, 4.69) is 52.5 Å². The molecule has 0 saturated heterocycles. The van der Waals surface area contributed by atoms with Crippen LogP contribution in [-0.2, 0) is 10.0 Å². The van der Waals surface area contributed by atoms with E-state index in [1.807, 2.05) is 0 Å². The molecule has 0 bridgehead atoms. The molecule has 0 aromatic heterocycles. The van der Waals surface area contributed by atoms with Gasteiger partial charge >= 0.3 is 0 Å². The van der Waals surface area contributed by atoms with E-state index in [9.17, 15) is 8.42 Å². The maximum atomic E-state index is 12.5. The lowest BCUT2D eigenvalue weighted by molar-refractivity contribution is 0.600. The van der Waals surface area contributed by atoms with Crippen molar-refractivity contribution in [2.45, 2.75) is 4.90 Å². The third-order valence-electron chi connectivity index (χ3n) is 2.41. The number of hydrogen-bond acceptors (Lipinski definition) is 3. The molecule has 0 spiro atoms. The number of hydrogen-bond donors (Lipinski definition) is 2. The van der Waals surface area contributed by atoms with Gasteiger partial charge in [0.2, 0.25) is 0 Å². The maximum Gasteiger partial charge on any atom is 0.264 e. The van der Waals surface area contributed by atoms with Crippen LogP contribution in [0.15, 0.2) is 54.7 Å². The summed E-state index contributed by atoms with van der Waals surface area (Å²) < 4.78 is 28.9. The normalized spacial score (nSPS) is 11.3. The maximum absolute atomic E-state index is 12.5. The second-order valence-electron chi connectivity index (χ2n) is 3.90. The minimum atomic E-state index is -3.74. The molecule has 0 heterocycles.